The molecule has 0 unspecified atom stereocenters. The highest BCUT2D eigenvalue weighted by atomic mass is 19.3. The van der Waals surface area contributed by atoms with Crippen LogP contribution in [0.4, 0.5) is 8.78 Å². The lowest BCUT2D eigenvalue weighted by Crippen LogP contribution is -2.36. The van der Waals surface area contributed by atoms with Crippen molar-refractivity contribution < 1.29 is 18.3 Å². The van der Waals surface area contributed by atoms with E-state index in [0.29, 0.717) is 30.5 Å². The van der Waals surface area contributed by atoms with Crippen LogP contribution in [0.2, 0.25) is 0 Å². The number of aromatic nitrogens is 1. The summed E-state index contributed by atoms with van der Waals surface area (Å²) in [5.74, 6) is 1.32. The molecule has 0 spiro atoms. The molecule has 0 radical (unpaired) electrons. The number of benzene rings is 1. The first-order chi connectivity index (χ1) is 14.2. The lowest BCUT2D eigenvalue weighted by molar-refractivity contribution is -0.0504. The minimum atomic E-state index is -2.86. The van der Waals surface area contributed by atoms with Crippen molar-refractivity contribution >= 4 is 5.96 Å². The van der Waals surface area contributed by atoms with Gasteiger partial charge in [0.2, 0.25) is 5.88 Å². The average molecular weight is 404 g/mol. The molecular weight excluding hydrogens is 378 g/mol. The van der Waals surface area contributed by atoms with Gasteiger partial charge in [-0.2, -0.15) is 8.78 Å². The molecule has 1 aromatic heterocycles. The lowest BCUT2D eigenvalue weighted by Gasteiger charge is -2.17. The van der Waals surface area contributed by atoms with Gasteiger partial charge in [0.1, 0.15) is 11.9 Å². The Morgan fingerprint density at radius 3 is 2.52 bits per heavy atom. The van der Waals surface area contributed by atoms with Gasteiger partial charge in [0.05, 0.1) is 0 Å². The number of guanidine groups is 1. The largest absolute Gasteiger partial charge is 0.474 e. The predicted octanol–water partition coefficient (Wildman–Crippen LogP) is 3.87. The van der Waals surface area contributed by atoms with E-state index >= 15 is 0 Å². The summed E-state index contributed by atoms with van der Waals surface area (Å²) < 4.78 is 35.7. The number of rotatable bonds is 8. The molecule has 0 saturated heterocycles. The normalized spacial score (nSPS) is 14.8. The van der Waals surface area contributed by atoms with E-state index in [0.717, 1.165) is 18.4 Å². The summed E-state index contributed by atoms with van der Waals surface area (Å²) in [4.78, 5) is 8.55. The van der Waals surface area contributed by atoms with E-state index < -0.39 is 6.61 Å². The number of nitrogens with one attached hydrogen (secondary N) is 2. The minimum Gasteiger partial charge on any atom is -0.474 e. The van der Waals surface area contributed by atoms with Crippen molar-refractivity contribution in [3.8, 4) is 11.6 Å². The maximum atomic E-state index is 12.6. The second-order valence-electron chi connectivity index (χ2n) is 6.76. The number of pyridine rings is 1. The Balaban J connectivity index is 1.56. The summed E-state index contributed by atoms with van der Waals surface area (Å²) in [6.45, 7) is -2.09. The van der Waals surface area contributed by atoms with Gasteiger partial charge in [0.15, 0.2) is 5.96 Å². The number of hydrogen-bond acceptors (Lipinski definition) is 4. The first kappa shape index (κ1) is 20.8. The predicted molar refractivity (Wildman–Crippen MR) is 107 cm³/mol. The fourth-order valence-corrected chi connectivity index (χ4v) is 3.27. The van der Waals surface area contributed by atoms with Gasteiger partial charge in [-0.15, -0.1) is 0 Å². The monoisotopic (exact) mass is 404 g/mol. The van der Waals surface area contributed by atoms with E-state index in [2.05, 4.69) is 25.3 Å². The fraction of sp³-hybridized carbons (Fsp3) is 0.429. The van der Waals surface area contributed by atoms with Crippen LogP contribution in [0.25, 0.3) is 0 Å². The third-order valence-electron chi connectivity index (χ3n) is 4.74. The minimum absolute atomic E-state index is 0.143. The third-order valence-corrected chi connectivity index (χ3v) is 4.74. The summed E-state index contributed by atoms with van der Waals surface area (Å²) in [5, 5.41) is 6.33. The molecule has 1 fully saturated rings. The quantitative estimate of drug-likeness (QED) is 0.516. The number of para-hydroxylation sites is 1. The Kier molecular flexibility index (Phi) is 7.61. The van der Waals surface area contributed by atoms with Gasteiger partial charge >= 0.3 is 6.61 Å². The zero-order valence-corrected chi connectivity index (χ0v) is 16.4. The molecule has 8 heteroatoms. The van der Waals surface area contributed by atoms with Gasteiger partial charge in [-0.05, 0) is 37.8 Å². The van der Waals surface area contributed by atoms with Crippen molar-refractivity contribution in [3.05, 3.63) is 53.7 Å². The fourth-order valence-electron chi connectivity index (χ4n) is 3.27. The summed E-state index contributed by atoms with van der Waals surface area (Å²) in [6.07, 6.45) is 6.46. The van der Waals surface area contributed by atoms with E-state index in [1.54, 1.807) is 31.4 Å². The second-order valence-corrected chi connectivity index (χ2v) is 6.76. The molecule has 0 aliphatic heterocycles. The molecule has 0 bridgehead atoms. The molecule has 0 atom stereocenters. The molecule has 2 aromatic rings. The van der Waals surface area contributed by atoms with Gasteiger partial charge in [0.25, 0.3) is 0 Å². The Morgan fingerprint density at radius 1 is 1.10 bits per heavy atom. The molecule has 156 valence electrons. The topological polar surface area (TPSA) is 67.8 Å². The molecule has 0 amide bonds. The van der Waals surface area contributed by atoms with Crippen molar-refractivity contribution in [2.75, 3.05) is 7.05 Å². The SMILES string of the molecule is CN=C(NCc1ccccc1OC(F)F)NCc1cccnc1OC1CCCC1. The lowest BCUT2D eigenvalue weighted by atomic mass is 10.2. The van der Waals surface area contributed by atoms with Crippen LogP contribution in [-0.2, 0) is 13.1 Å². The van der Waals surface area contributed by atoms with Gasteiger partial charge in [-0.1, -0.05) is 24.3 Å². The highest BCUT2D eigenvalue weighted by Gasteiger charge is 2.18. The summed E-state index contributed by atoms with van der Waals surface area (Å²) in [6, 6.07) is 10.5. The first-order valence-electron chi connectivity index (χ1n) is 9.73. The first-order valence-corrected chi connectivity index (χ1v) is 9.73. The van der Waals surface area contributed by atoms with E-state index in [9.17, 15) is 8.78 Å². The highest BCUT2D eigenvalue weighted by molar-refractivity contribution is 5.79. The molecule has 1 aliphatic rings. The molecule has 1 aliphatic carbocycles. The Hall–Kier alpha value is -2.90. The summed E-state index contributed by atoms with van der Waals surface area (Å²) in [5.41, 5.74) is 1.55. The second kappa shape index (κ2) is 10.6. The number of ether oxygens (including phenoxy) is 2. The summed E-state index contributed by atoms with van der Waals surface area (Å²) in [7, 11) is 1.65. The van der Waals surface area contributed by atoms with Crippen LogP contribution >= 0.6 is 0 Å². The molecule has 1 saturated carbocycles. The molecule has 29 heavy (non-hydrogen) atoms. The van der Waals surface area contributed by atoms with Crippen LogP contribution in [0, 0.1) is 0 Å². The Labute approximate surface area is 169 Å². The Morgan fingerprint density at radius 2 is 1.79 bits per heavy atom. The molecule has 6 nitrogen and oxygen atoms in total. The Bertz CT molecular complexity index is 811. The van der Waals surface area contributed by atoms with Crippen molar-refractivity contribution in [2.45, 2.75) is 51.5 Å². The van der Waals surface area contributed by atoms with Crippen LogP contribution in [0.1, 0.15) is 36.8 Å². The van der Waals surface area contributed by atoms with Gasteiger partial charge in [0, 0.05) is 37.5 Å². The van der Waals surface area contributed by atoms with Crippen LogP contribution in [-0.4, -0.2) is 30.7 Å². The zero-order chi connectivity index (χ0) is 20.5. The maximum Gasteiger partial charge on any atom is 0.387 e. The van der Waals surface area contributed by atoms with Crippen molar-refractivity contribution in [1.29, 1.82) is 0 Å². The van der Waals surface area contributed by atoms with E-state index in [-0.39, 0.29) is 11.9 Å². The van der Waals surface area contributed by atoms with E-state index in [4.69, 9.17) is 4.74 Å². The summed E-state index contributed by atoms with van der Waals surface area (Å²) >= 11 is 0. The zero-order valence-electron chi connectivity index (χ0n) is 16.4. The van der Waals surface area contributed by atoms with Crippen LogP contribution in [0.15, 0.2) is 47.6 Å². The number of aliphatic imine (C=N–C) groups is 1. The maximum absolute atomic E-state index is 12.6. The van der Waals surface area contributed by atoms with Crippen molar-refractivity contribution in [3.63, 3.8) is 0 Å². The van der Waals surface area contributed by atoms with Gasteiger partial charge in [-0.3, -0.25) is 4.99 Å². The molecule has 3 rings (SSSR count). The molecule has 1 heterocycles. The van der Waals surface area contributed by atoms with Gasteiger partial charge in [-0.25, -0.2) is 4.98 Å². The smallest absolute Gasteiger partial charge is 0.387 e. The van der Waals surface area contributed by atoms with Crippen LogP contribution in [0.3, 0.4) is 0 Å². The highest BCUT2D eigenvalue weighted by Crippen LogP contribution is 2.25. The van der Waals surface area contributed by atoms with E-state index in [1.807, 2.05) is 12.1 Å². The standard InChI is InChI=1S/C21H26F2N4O2/c1-24-21(26-13-15-7-2-5-11-18(15)29-20(22)23)27-14-16-8-6-12-25-19(16)28-17-9-3-4-10-17/h2,5-8,11-12,17,20H,3-4,9-10,13-14H2,1H3,(H2,24,26,27). The van der Waals surface area contributed by atoms with Crippen molar-refractivity contribution in [2.24, 2.45) is 4.99 Å². The van der Waals surface area contributed by atoms with E-state index in [1.165, 1.54) is 18.9 Å². The van der Waals surface area contributed by atoms with Crippen LogP contribution < -0.4 is 20.1 Å². The number of halogens is 2. The van der Waals surface area contributed by atoms with Gasteiger partial charge < -0.3 is 20.1 Å². The van der Waals surface area contributed by atoms with Crippen molar-refractivity contribution in [1.82, 2.24) is 15.6 Å². The number of alkyl halides is 2. The average Bonchev–Trinajstić information content (AvgIpc) is 3.23. The van der Waals surface area contributed by atoms with Crippen LogP contribution in [0.5, 0.6) is 11.6 Å². The molecule has 2 N–H and O–H groups in total. The third kappa shape index (κ3) is 6.30. The molecule has 1 aromatic carbocycles. The number of hydrogen-bond donors (Lipinski definition) is 2. The number of nitrogens with zero attached hydrogens (tertiary/aromatic N) is 2. The molecular formula is C21H26F2N4O2.